The molecule has 3 fully saturated rings. The van der Waals surface area contributed by atoms with Crippen LogP contribution >= 0.6 is 12.2 Å². The number of rotatable bonds is 3. The summed E-state index contributed by atoms with van der Waals surface area (Å²) in [5.41, 5.74) is 0.186. The fourth-order valence-corrected chi connectivity index (χ4v) is 5.67. The molecule has 2 bridgehead atoms. The van der Waals surface area contributed by atoms with Gasteiger partial charge in [0.2, 0.25) is 0 Å². The number of nitrogens with zero attached hydrogens (tertiary/aromatic N) is 5. The number of aromatic amines is 1. The Labute approximate surface area is 237 Å². The molecule has 212 valence electrons. The van der Waals surface area contributed by atoms with Crippen LogP contribution in [0.4, 0.5) is 14.6 Å². The lowest BCUT2D eigenvalue weighted by Gasteiger charge is -2.34. The van der Waals surface area contributed by atoms with E-state index in [4.69, 9.17) is 17.0 Å². The van der Waals surface area contributed by atoms with Crippen LogP contribution in [0, 0.1) is 16.3 Å². The maximum absolute atomic E-state index is 16.0. The molecule has 7 rings (SSSR count). The summed E-state index contributed by atoms with van der Waals surface area (Å²) in [6, 6.07) is 7.09. The van der Waals surface area contributed by atoms with Crippen molar-refractivity contribution >= 4 is 39.7 Å². The molecule has 3 saturated heterocycles. The third kappa shape index (κ3) is 5.50. The minimum Gasteiger partial charge on any atom is -0.467 e. The van der Waals surface area contributed by atoms with Gasteiger partial charge in [-0.1, -0.05) is 38.2 Å². The smallest absolute Gasteiger partial charge is 0.318 e. The van der Waals surface area contributed by atoms with Crippen molar-refractivity contribution in [1.82, 2.24) is 30.2 Å². The molecule has 4 aromatic rings. The van der Waals surface area contributed by atoms with E-state index in [1.807, 2.05) is 13.8 Å². The Morgan fingerprint density at radius 1 is 1.07 bits per heavy atom. The summed E-state index contributed by atoms with van der Waals surface area (Å²) in [5, 5.41) is 4.85. The maximum atomic E-state index is 16.0. The molecule has 8 nitrogen and oxygen atoms in total. The summed E-state index contributed by atoms with van der Waals surface area (Å²) in [7, 11) is 3.59. The summed E-state index contributed by atoms with van der Waals surface area (Å²) in [4.78, 5) is 20.6. The minimum atomic E-state index is -0.686. The van der Waals surface area contributed by atoms with E-state index in [9.17, 15) is 4.39 Å². The third-order valence-electron chi connectivity index (χ3n) is 7.49. The zero-order valence-electron chi connectivity index (χ0n) is 23.3. The van der Waals surface area contributed by atoms with Gasteiger partial charge in [0.1, 0.15) is 27.5 Å². The van der Waals surface area contributed by atoms with E-state index < -0.39 is 11.6 Å². The average Bonchev–Trinajstić information content (AvgIpc) is 3.29. The number of fused-ring (bicyclic) bond motifs is 4. The Hall–Kier alpha value is -3.28. The van der Waals surface area contributed by atoms with Crippen LogP contribution in [-0.4, -0.2) is 77.3 Å². The molecule has 3 aliphatic heterocycles. The van der Waals surface area contributed by atoms with Crippen molar-refractivity contribution in [2.24, 2.45) is 0 Å². The van der Waals surface area contributed by atoms with Crippen LogP contribution in [0.25, 0.3) is 33.1 Å². The van der Waals surface area contributed by atoms with Gasteiger partial charge in [0.15, 0.2) is 5.82 Å². The highest BCUT2D eigenvalue weighted by atomic mass is 32.1. The number of aromatic nitrogens is 4. The number of nitrogens with one attached hydrogen (secondary N) is 2. The first-order chi connectivity index (χ1) is 19.4. The Kier molecular flexibility index (Phi) is 8.53. The van der Waals surface area contributed by atoms with E-state index in [1.165, 1.54) is 32.7 Å². The molecular formula is C29H35F2N7OS. The van der Waals surface area contributed by atoms with Crippen LogP contribution in [0.1, 0.15) is 33.1 Å². The third-order valence-corrected chi connectivity index (χ3v) is 7.71. The second kappa shape index (κ2) is 12.1. The van der Waals surface area contributed by atoms with Gasteiger partial charge >= 0.3 is 6.01 Å². The number of methoxy groups -OCH3 is 1. The van der Waals surface area contributed by atoms with Crippen molar-refractivity contribution in [1.29, 1.82) is 0 Å². The van der Waals surface area contributed by atoms with Gasteiger partial charge in [0.25, 0.3) is 0 Å². The molecule has 2 atom stereocenters. The maximum Gasteiger partial charge on any atom is 0.318 e. The molecule has 40 heavy (non-hydrogen) atoms. The monoisotopic (exact) mass is 567 g/mol. The van der Waals surface area contributed by atoms with Crippen molar-refractivity contribution in [2.45, 2.75) is 45.2 Å². The second-order valence-corrected chi connectivity index (χ2v) is 10.6. The number of hydrogen-bond donors (Lipinski definition) is 2. The molecule has 11 heteroatoms. The number of benzene rings is 1. The Morgan fingerprint density at radius 2 is 1.77 bits per heavy atom. The Morgan fingerprint density at radius 3 is 2.40 bits per heavy atom. The fraction of sp³-hybridized carbons (Fsp3) is 0.448. The van der Waals surface area contributed by atoms with Crippen molar-refractivity contribution in [3.63, 3.8) is 0 Å². The standard InChI is InChI=1S/C23H20F2N6OS.C4H9N.C2H6/c1-32-23-29-19-14(22(30-23)31-9-12-5-6-13(10-31)27-12)8-26-21(18(19)25)20-17-11(7-16(33)28-20)3-2-4-15(17)24;1-5-3-2-4-5;1-2/h2-4,7-8,12-13,27H,5-6,9-10H2,1H3,(H,28,33);2-4H2,1H3;1-2H3. The van der Waals surface area contributed by atoms with Crippen LogP contribution < -0.4 is 15.0 Å². The molecule has 1 aromatic carbocycles. The van der Waals surface area contributed by atoms with Gasteiger partial charge in [-0.25, -0.2) is 8.78 Å². The van der Waals surface area contributed by atoms with E-state index in [0.717, 1.165) is 25.9 Å². The first-order valence-electron chi connectivity index (χ1n) is 13.8. The summed E-state index contributed by atoms with van der Waals surface area (Å²) in [6.07, 6.45) is 5.16. The van der Waals surface area contributed by atoms with Crippen molar-refractivity contribution in [3.8, 4) is 17.4 Å². The lowest BCUT2D eigenvalue weighted by atomic mass is 10.1. The zero-order valence-corrected chi connectivity index (χ0v) is 24.1. The minimum absolute atomic E-state index is 0.0589. The normalized spacial score (nSPS) is 19.9. The van der Waals surface area contributed by atoms with Gasteiger partial charge in [-0.05, 0) is 56.9 Å². The molecule has 0 amide bonds. The first kappa shape index (κ1) is 28.3. The Bertz CT molecular complexity index is 1560. The number of hydrogen-bond acceptors (Lipinski definition) is 8. The van der Waals surface area contributed by atoms with Crippen molar-refractivity contribution in [3.05, 3.63) is 46.7 Å². The summed E-state index contributed by atoms with van der Waals surface area (Å²) < 4.78 is 36.4. The van der Waals surface area contributed by atoms with Crippen LogP contribution in [0.2, 0.25) is 0 Å². The quantitative estimate of drug-likeness (QED) is 0.315. The van der Waals surface area contributed by atoms with Gasteiger partial charge in [-0.15, -0.1) is 0 Å². The number of likely N-dealkylation sites (tertiary alicyclic amines) is 1. The largest absolute Gasteiger partial charge is 0.467 e. The highest BCUT2D eigenvalue weighted by Crippen LogP contribution is 2.36. The van der Waals surface area contributed by atoms with E-state index in [2.05, 4.69) is 42.1 Å². The molecule has 6 heterocycles. The van der Waals surface area contributed by atoms with Gasteiger partial charge in [0.05, 0.1) is 18.2 Å². The summed E-state index contributed by atoms with van der Waals surface area (Å²) >= 11 is 5.30. The lowest BCUT2D eigenvalue weighted by molar-refractivity contribution is 0.229. The number of ether oxygens (including phenoxy) is 1. The fourth-order valence-electron chi connectivity index (χ4n) is 5.44. The average molecular weight is 568 g/mol. The number of piperazine rings is 1. The Balaban J connectivity index is 0.000000411. The van der Waals surface area contributed by atoms with E-state index in [1.54, 1.807) is 24.4 Å². The highest BCUT2D eigenvalue weighted by Gasteiger charge is 2.34. The molecule has 2 unspecified atom stereocenters. The SMILES string of the molecule is CC.CN1CCC1.COc1nc(N2CC3CCC(C2)N3)c2cnc(-c3[nH]c(=S)cc4cccc(F)c34)c(F)c2n1. The molecular weight excluding hydrogens is 532 g/mol. The highest BCUT2D eigenvalue weighted by molar-refractivity contribution is 7.71. The van der Waals surface area contributed by atoms with Gasteiger partial charge < -0.3 is 24.8 Å². The van der Waals surface area contributed by atoms with E-state index in [-0.39, 0.29) is 28.3 Å². The van der Waals surface area contributed by atoms with Gasteiger partial charge in [-0.3, -0.25) is 4.98 Å². The van der Waals surface area contributed by atoms with Crippen molar-refractivity contribution < 1.29 is 13.5 Å². The number of H-pyrrole nitrogens is 1. The lowest BCUT2D eigenvalue weighted by Crippen LogP contribution is -2.51. The van der Waals surface area contributed by atoms with E-state index in [0.29, 0.717) is 33.3 Å². The molecule has 3 aromatic heterocycles. The number of pyridine rings is 2. The molecule has 2 N–H and O–H groups in total. The van der Waals surface area contributed by atoms with Gasteiger partial charge in [0, 0.05) is 36.8 Å². The van der Waals surface area contributed by atoms with Crippen LogP contribution in [0.3, 0.4) is 0 Å². The van der Waals surface area contributed by atoms with Crippen molar-refractivity contribution in [2.75, 3.05) is 45.2 Å². The van der Waals surface area contributed by atoms with E-state index >= 15 is 4.39 Å². The second-order valence-electron chi connectivity index (χ2n) is 10.1. The van der Waals surface area contributed by atoms with Crippen LogP contribution in [0.5, 0.6) is 6.01 Å². The van der Waals surface area contributed by atoms with Gasteiger partial charge in [-0.2, -0.15) is 9.97 Å². The molecule has 0 aliphatic carbocycles. The summed E-state index contributed by atoms with van der Waals surface area (Å²) in [5.74, 6) is -0.591. The summed E-state index contributed by atoms with van der Waals surface area (Å²) in [6.45, 7) is 8.16. The molecule has 0 saturated carbocycles. The number of halogens is 2. The number of anilines is 1. The zero-order chi connectivity index (χ0) is 28.4. The van der Waals surface area contributed by atoms with Crippen LogP contribution in [0.15, 0.2) is 30.5 Å². The molecule has 3 aliphatic rings. The molecule has 0 spiro atoms. The first-order valence-corrected chi connectivity index (χ1v) is 14.2. The van der Waals surface area contributed by atoms with Crippen LogP contribution in [-0.2, 0) is 0 Å². The topological polar surface area (TPSA) is 82.2 Å². The predicted octanol–water partition coefficient (Wildman–Crippen LogP) is 5.48. The predicted molar refractivity (Wildman–Crippen MR) is 158 cm³/mol. The molecule has 0 radical (unpaired) electrons.